The molecule has 0 heterocycles. The lowest BCUT2D eigenvalue weighted by Crippen LogP contribution is -1.99. The van der Waals surface area contributed by atoms with E-state index in [2.05, 4.69) is 0 Å². The van der Waals surface area contributed by atoms with Crippen LogP contribution in [0, 0.1) is 0 Å². The summed E-state index contributed by atoms with van der Waals surface area (Å²) >= 11 is 17.8. The summed E-state index contributed by atoms with van der Waals surface area (Å²) < 4.78 is 5.54. The molecule has 0 spiro atoms. The van der Waals surface area contributed by atoms with Crippen LogP contribution in [0.4, 0.5) is 0 Å². The average Bonchev–Trinajstić information content (AvgIpc) is 2.38. The molecular formula is C14H9Cl3O3. The summed E-state index contributed by atoms with van der Waals surface area (Å²) in [6.07, 6.45) is 0. The first-order valence-electron chi connectivity index (χ1n) is 5.57. The molecule has 1 N–H and O–H groups in total. The predicted octanol–water partition coefficient (Wildman–Crippen LogP) is 4.92. The summed E-state index contributed by atoms with van der Waals surface area (Å²) in [4.78, 5) is 10.7. The van der Waals surface area contributed by atoms with E-state index in [1.165, 1.54) is 24.3 Å². The number of halogens is 3. The van der Waals surface area contributed by atoms with E-state index in [1.54, 1.807) is 12.1 Å². The Labute approximate surface area is 130 Å². The van der Waals surface area contributed by atoms with Crippen molar-refractivity contribution in [1.29, 1.82) is 0 Å². The molecule has 2 aromatic rings. The van der Waals surface area contributed by atoms with E-state index >= 15 is 0 Å². The number of carboxylic acid groups (broad SMARTS) is 1. The van der Waals surface area contributed by atoms with Crippen molar-refractivity contribution < 1.29 is 14.6 Å². The van der Waals surface area contributed by atoms with Crippen molar-refractivity contribution in [3.05, 3.63) is 62.6 Å². The molecule has 0 saturated heterocycles. The van der Waals surface area contributed by atoms with Gasteiger partial charge in [-0.3, -0.25) is 0 Å². The van der Waals surface area contributed by atoms with Crippen molar-refractivity contribution in [1.82, 2.24) is 0 Å². The minimum Gasteiger partial charge on any atom is -0.486 e. The molecule has 0 amide bonds. The normalized spacial score (nSPS) is 10.3. The quantitative estimate of drug-likeness (QED) is 0.864. The molecule has 2 rings (SSSR count). The van der Waals surface area contributed by atoms with Gasteiger partial charge in [0.2, 0.25) is 0 Å². The lowest BCUT2D eigenvalue weighted by Gasteiger charge is -2.10. The van der Waals surface area contributed by atoms with E-state index in [4.69, 9.17) is 44.6 Å². The maximum atomic E-state index is 10.7. The van der Waals surface area contributed by atoms with Gasteiger partial charge in [0, 0.05) is 5.02 Å². The van der Waals surface area contributed by atoms with Gasteiger partial charge in [0.1, 0.15) is 6.61 Å². The van der Waals surface area contributed by atoms with Crippen LogP contribution in [0.3, 0.4) is 0 Å². The van der Waals surface area contributed by atoms with Crippen LogP contribution in [-0.4, -0.2) is 11.1 Å². The van der Waals surface area contributed by atoms with Gasteiger partial charge in [-0.2, -0.15) is 0 Å². The van der Waals surface area contributed by atoms with E-state index in [0.717, 1.165) is 5.56 Å². The van der Waals surface area contributed by atoms with Crippen LogP contribution in [0.2, 0.25) is 15.1 Å². The van der Waals surface area contributed by atoms with E-state index in [0.29, 0.717) is 20.8 Å². The Hall–Kier alpha value is -1.42. The van der Waals surface area contributed by atoms with Crippen LogP contribution in [0.5, 0.6) is 5.75 Å². The standard InChI is InChI=1S/C14H9Cl3O3/c15-10-5-11(16)13(12(17)6-10)20-7-8-1-3-9(4-2-8)14(18)19/h1-6H,7H2,(H,18,19). The summed E-state index contributed by atoms with van der Waals surface area (Å²) in [5.41, 5.74) is 1.02. The summed E-state index contributed by atoms with van der Waals surface area (Å²) in [5, 5.41) is 9.88. The summed E-state index contributed by atoms with van der Waals surface area (Å²) in [6.45, 7) is 0.223. The van der Waals surface area contributed by atoms with Gasteiger partial charge in [0.15, 0.2) is 5.75 Å². The number of ether oxygens (including phenoxy) is 1. The second-order valence-electron chi connectivity index (χ2n) is 3.99. The van der Waals surface area contributed by atoms with Gasteiger partial charge in [-0.1, -0.05) is 46.9 Å². The third-order valence-corrected chi connectivity index (χ3v) is 3.33. The first-order chi connectivity index (χ1) is 9.47. The molecule has 0 atom stereocenters. The molecule has 6 heteroatoms. The summed E-state index contributed by atoms with van der Waals surface area (Å²) in [6, 6.07) is 9.43. The molecule has 0 fully saturated rings. The first-order valence-corrected chi connectivity index (χ1v) is 6.70. The van der Waals surface area contributed by atoms with Crippen LogP contribution in [0.25, 0.3) is 0 Å². The second-order valence-corrected chi connectivity index (χ2v) is 5.24. The Morgan fingerprint density at radius 1 is 1.05 bits per heavy atom. The van der Waals surface area contributed by atoms with Gasteiger partial charge < -0.3 is 9.84 Å². The molecule has 3 nitrogen and oxygen atoms in total. The maximum absolute atomic E-state index is 10.7. The number of aromatic carboxylic acids is 1. The fourth-order valence-electron chi connectivity index (χ4n) is 1.57. The number of hydrogen-bond donors (Lipinski definition) is 1. The van der Waals surface area contributed by atoms with E-state index in [-0.39, 0.29) is 12.2 Å². The van der Waals surface area contributed by atoms with Gasteiger partial charge in [0.25, 0.3) is 0 Å². The van der Waals surface area contributed by atoms with Crippen molar-refractivity contribution >= 4 is 40.8 Å². The van der Waals surface area contributed by atoms with Crippen molar-refractivity contribution in [3.8, 4) is 5.75 Å². The van der Waals surface area contributed by atoms with Crippen LogP contribution in [-0.2, 0) is 6.61 Å². The molecule has 0 aromatic heterocycles. The Morgan fingerprint density at radius 2 is 1.60 bits per heavy atom. The highest BCUT2D eigenvalue weighted by molar-refractivity contribution is 6.40. The zero-order valence-corrected chi connectivity index (χ0v) is 12.3. The minimum absolute atomic E-state index is 0.219. The summed E-state index contributed by atoms with van der Waals surface area (Å²) in [7, 11) is 0. The van der Waals surface area contributed by atoms with Crippen LogP contribution in [0.15, 0.2) is 36.4 Å². The van der Waals surface area contributed by atoms with Gasteiger partial charge in [-0.25, -0.2) is 4.79 Å². The maximum Gasteiger partial charge on any atom is 0.335 e. The minimum atomic E-state index is -0.971. The number of benzene rings is 2. The molecule has 0 aliphatic rings. The Kier molecular flexibility index (Phi) is 4.76. The molecule has 0 aliphatic heterocycles. The molecule has 2 aromatic carbocycles. The molecule has 0 unspecified atom stereocenters. The molecular weight excluding hydrogens is 323 g/mol. The number of hydrogen-bond acceptors (Lipinski definition) is 2. The SMILES string of the molecule is O=C(O)c1ccc(COc2c(Cl)cc(Cl)cc2Cl)cc1. The van der Waals surface area contributed by atoms with Crippen LogP contribution in [0.1, 0.15) is 15.9 Å². The van der Waals surface area contributed by atoms with Crippen molar-refractivity contribution in [3.63, 3.8) is 0 Å². The van der Waals surface area contributed by atoms with Gasteiger partial charge in [0.05, 0.1) is 15.6 Å². The highest BCUT2D eigenvalue weighted by Crippen LogP contribution is 2.36. The monoisotopic (exact) mass is 330 g/mol. The fourth-order valence-corrected chi connectivity index (χ4v) is 2.49. The largest absolute Gasteiger partial charge is 0.486 e. The average molecular weight is 332 g/mol. The van der Waals surface area contributed by atoms with E-state index in [1.807, 2.05) is 0 Å². The van der Waals surface area contributed by atoms with Gasteiger partial charge in [-0.05, 0) is 29.8 Å². The Balaban J connectivity index is 2.11. The van der Waals surface area contributed by atoms with Crippen molar-refractivity contribution in [2.75, 3.05) is 0 Å². The first kappa shape index (κ1) is 15.0. The Morgan fingerprint density at radius 3 is 2.10 bits per heavy atom. The summed E-state index contributed by atoms with van der Waals surface area (Å²) in [5.74, 6) is -0.624. The fraction of sp³-hybridized carbons (Fsp3) is 0.0714. The molecule has 0 radical (unpaired) electrons. The zero-order valence-electron chi connectivity index (χ0n) is 10.1. The molecule has 0 aliphatic carbocycles. The molecule has 20 heavy (non-hydrogen) atoms. The van der Waals surface area contributed by atoms with Gasteiger partial charge >= 0.3 is 5.97 Å². The van der Waals surface area contributed by atoms with Crippen molar-refractivity contribution in [2.45, 2.75) is 6.61 Å². The topological polar surface area (TPSA) is 46.5 Å². The molecule has 0 saturated carbocycles. The Bertz CT molecular complexity index is 616. The van der Waals surface area contributed by atoms with Gasteiger partial charge in [-0.15, -0.1) is 0 Å². The van der Waals surface area contributed by atoms with Crippen LogP contribution < -0.4 is 4.74 Å². The number of carbonyl (C=O) groups is 1. The third kappa shape index (κ3) is 3.57. The number of carboxylic acids is 1. The molecule has 104 valence electrons. The predicted molar refractivity (Wildman–Crippen MR) is 79.2 cm³/mol. The smallest absolute Gasteiger partial charge is 0.335 e. The molecule has 0 bridgehead atoms. The number of rotatable bonds is 4. The highest BCUT2D eigenvalue weighted by atomic mass is 35.5. The van der Waals surface area contributed by atoms with Crippen LogP contribution >= 0.6 is 34.8 Å². The second kappa shape index (κ2) is 6.35. The third-order valence-electron chi connectivity index (χ3n) is 2.55. The lowest BCUT2D eigenvalue weighted by atomic mass is 10.1. The van der Waals surface area contributed by atoms with E-state index in [9.17, 15) is 4.79 Å². The zero-order chi connectivity index (χ0) is 14.7. The van der Waals surface area contributed by atoms with Crippen molar-refractivity contribution in [2.24, 2.45) is 0 Å². The van der Waals surface area contributed by atoms with E-state index < -0.39 is 5.97 Å². The highest BCUT2D eigenvalue weighted by Gasteiger charge is 2.09. The lowest BCUT2D eigenvalue weighted by molar-refractivity contribution is 0.0697.